The van der Waals surface area contributed by atoms with E-state index in [1.54, 1.807) is 30.4 Å². The average Bonchev–Trinajstić information content (AvgIpc) is 3.47. The molecule has 1 spiro atoms. The van der Waals surface area contributed by atoms with Crippen molar-refractivity contribution in [1.82, 2.24) is 29.8 Å². The fraction of sp³-hybridized carbons (Fsp3) is 0.423. The van der Waals surface area contributed by atoms with Gasteiger partial charge in [0.05, 0.1) is 29.2 Å². The van der Waals surface area contributed by atoms with Gasteiger partial charge in [-0.05, 0) is 30.4 Å². The third kappa shape index (κ3) is 5.60. The molecule has 2 aliphatic rings. The number of aromatic nitrogens is 4. The summed E-state index contributed by atoms with van der Waals surface area (Å²) in [5, 5.41) is 7.43. The molecule has 3 aromatic rings. The predicted octanol–water partition coefficient (Wildman–Crippen LogP) is 3.90. The van der Waals surface area contributed by atoms with Gasteiger partial charge in [0.15, 0.2) is 10.9 Å². The number of piperazine rings is 1. The van der Waals surface area contributed by atoms with Gasteiger partial charge >= 0.3 is 0 Å². The highest BCUT2D eigenvalue weighted by atomic mass is 32.1. The summed E-state index contributed by atoms with van der Waals surface area (Å²) in [6.07, 6.45) is 7.86. The maximum atomic E-state index is 13.4. The minimum absolute atomic E-state index is 0.0410. The number of nitrogens with zero attached hydrogens (tertiary/aromatic N) is 7. The molecular formula is C26H32FN9OS. The van der Waals surface area contributed by atoms with Gasteiger partial charge in [0.1, 0.15) is 11.5 Å². The second kappa shape index (κ2) is 9.91. The van der Waals surface area contributed by atoms with Crippen LogP contribution in [-0.2, 0) is 0 Å². The molecular weight excluding hydrogens is 505 g/mol. The van der Waals surface area contributed by atoms with Crippen LogP contribution in [0.5, 0.6) is 0 Å². The van der Waals surface area contributed by atoms with Crippen molar-refractivity contribution < 1.29 is 9.18 Å². The molecule has 1 aliphatic heterocycles. The van der Waals surface area contributed by atoms with Crippen molar-refractivity contribution >= 4 is 39.8 Å². The number of hydrogen-bond acceptors (Lipinski definition) is 10. The molecule has 0 unspecified atom stereocenters. The number of thiazole rings is 1. The zero-order valence-corrected chi connectivity index (χ0v) is 22.8. The van der Waals surface area contributed by atoms with Gasteiger partial charge < -0.3 is 20.1 Å². The van der Waals surface area contributed by atoms with E-state index in [-0.39, 0.29) is 16.9 Å². The molecule has 0 aromatic carbocycles. The summed E-state index contributed by atoms with van der Waals surface area (Å²) in [5.74, 6) is 6.64. The molecule has 0 atom stereocenters. The zero-order chi connectivity index (χ0) is 27.1. The number of hydrazine groups is 1. The van der Waals surface area contributed by atoms with Crippen LogP contribution in [0.1, 0.15) is 49.7 Å². The van der Waals surface area contributed by atoms with E-state index < -0.39 is 5.82 Å². The quantitative estimate of drug-likeness (QED) is 0.357. The Morgan fingerprint density at radius 3 is 2.53 bits per heavy atom. The van der Waals surface area contributed by atoms with E-state index in [2.05, 4.69) is 52.1 Å². The maximum absolute atomic E-state index is 13.4. The number of amides is 1. The lowest BCUT2D eigenvalue weighted by molar-refractivity contribution is 0.0623. The van der Waals surface area contributed by atoms with Crippen LogP contribution in [0.3, 0.4) is 0 Å². The lowest BCUT2D eigenvalue weighted by Crippen LogP contribution is -2.57. The molecule has 3 aromatic heterocycles. The molecule has 4 heterocycles. The lowest BCUT2D eigenvalue weighted by atomic mass is 9.95. The predicted molar refractivity (Wildman–Crippen MR) is 146 cm³/mol. The zero-order valence-electron chi connectivity index (χ0n) is 22.0. The Hall–Kier alpha value is -3.64. The Balaban J connectivity index is 1.24. The van der Waals surface area contributed by atoms with Crippen LogP contribution in [-0.4, -0.2) is 68.0 Å². The van der Waals surface area contributed by atoms with Gasteiger partial charge in [0.25, 0.3) is 5.91 Å². The number of nitrogens with two attached hydrogens (primary N) is 1. The third-order valence-corrected chi connectivity index (χ3v) is 7.33. The van der Waals surface area contributed by atoms with E-state index in [1.165, 1.54) is 23.7 Å². The number of halogens is 1. The molecule has 5 rings (SSSR count). The number of carbonyl (C=O) groups is 1. The summed E-state index contributed by atoms with van der Waals surface area (Å²) >= 11 is 1.46. The molecule has 1 saturated heterocycles. The van der Waals surface area contributed by atoms with Gasteiger partial charge in [-0.25, -0.2) is 30.2 Å². The highest BCUT2D eigenvalue weighted by molar-refractivity contribution is 7.13. The van der Waals surface area contributed by atoms with Gasteiger partial charge in [-0.1, -0.05) is 26.8 Å². The van der Waals surface area contributed by atoms with Crippen LogP contribution in [0.2, 0.25) is 0 Å². The Labute approximate surface area is 225 Å². The number of pyridine rings is 1. The molecule has 38 heavy (non-hydrogen) atoms. The average molecular weight is 538 g/mol. The first-order valence-corrected chi connectivity index (χ1v) is 13.4. The molecule has 1 saturated carbocycles. The fourth-order valence-corrected chi connectivity index (χ4v) is 5.29. The van der Waals surface area contributed by atoms with Gasteiger partial charge in [-0.3, -0.25) is 4.79 Å². The van der Waals surface area contributed by atoms with Crippen molar-refractivity contribution in [3.63, 3.8) is 0 Å². The van der Waals surface area contributed by atoms with Crippen LogP contribution in [0.4, 0.5) is 21.3 Å². The fourth-order valence-electron chi connectivity index (χ4n) is 4.58. The van der Waals surface area contributed by atoms with Crippen LogP contribution in [0.15, 0.2) is 42.2 Å². The Morgan fingerprint density at radius 1 is 1.18 bits per heavy atom. The molecule has 0 radical (unpaired) electrons. The van der Waals surface area contributed by atoms with Gasteiger partial charge in [0, 0.05) is 38.3 Å². The number of allylic oxidation sites excluding steroid dienone is 1. The van der Waals surface area contributed by atoms with Gasteiger partial charge in [-0.2, -0.15) is 0 Å². The Morgan fingerprint density at radius 2 is 1.92 bits per heavy atom. The van der Waals surface area contributed by atoms with Crippen molar-refractivity contribution in [1.29, 1.82) is 0 Å². The molecule has 10 nitrogen and oxygen atoms in total. The standard InChI is InChI=1S/C26H32FN9OS/c1-25(2,3)11-20(34(4)28)19-15-38-24(32-19)33-21-6-5-17(12-29-21)22(37)36-10-9-35(16-26(36)7-8-26)23-30-13-18(27)14-31-23/h5-6,11-15H,7-10,16,28H2,1-4H3,(H,29,32,33)/b20-11-. The number of nitrogens with one attached hydrogen (secondary N) is 1. The van der Waals surface area contributed by atoms with Crippen molar-refractivity contribution in [2.75, 3.05) is 36.9 Å². The van der Waals surface area contributed by atoms with Gasteiger partial charge in [0.2, 0.25) is 5.95 Å². The molecule has 1 aliphatic carbocycles. The Bertz CT molecular complexity index is 1330. The van der Waals surface area contributed by atoms with E-state index in [9.17, 15) is 9.18 Å². The summed E-state index contributed by atoms with van der Waals surface area (Å²) < 4.78 is 13.2. The molecule has 3 N–H and O–H groups in total. The molecule has 200 valence electrons. The largest absolute Gasteiger partial charge is 0.337 e. The third-order valence-electron chi connectivity index (χ3n) is 6.57. The normalized spacial score (nSPS) is 17.1. The van der Waals surface area contributed by atoms with E-state index in [0.717, 1.165) is 24.2 Å². The van der Waals surface area contributed by atoms with Crippen molar-refractivity contribution in [2.45, 2.75) is 39.2 Å². The summed E-state index contributed by atoms with van der Waals surface area (Å²) in [6.45, 7) is 8.09. The number of hydrogen-bond donors (Lipinski definition) is 2. The first-order valence-electron chi connectivity index (χ1n) is 12.5. The minimum Gasteiger partial charge on any atom is -0.337 e. The number of anilines is 3. The number of carbonyl (C=O) groups excluding carboxylic acids is 1. The first-order chi connectivity index (χ1) is 18.0. The molecule has 12 heteroatoms. The van der Waals surface area contributed by atoms with E-state index in [1.807, 2.05) is 15.2 Å². The van der Waals surface area contributed by atoms with Crippen LogP contribution in [0, 0.1) is 11.2 Å². The van der Waals surface area contributed by atoms with Crippen molar-refractivity contribution in [3.8, 4) is 0 Å². The SMILES string of the molecule is CN(N)/C(=C\C(C)(C)C)c1csc(Nc2ccc(C(=O)N3CCN(c4ncc(F)cn4)CC34CC4)cn2)n1. The lowest BCUT2D eigenvalue weighted by Gasteiger charge is -2.42. The smallest absolute Gasteiger partial charge is 0.256 e. The second-order valence-electron chi connectivity index (χ2n) is 10.9. The van der Waals surface area contributed by atoms with E-state index in [0.29, 0.717) is 42.1 Å². The highest BCUT2D eigenvalue weighted by Crippen LogP contribution is 2.45. The summed E-state index contributed by atoms with van der Waals surface area (Å²) in [4.78, 5) is 34.7. The number of rotatable bonds is 6. The van der Waals surface area contributed by atoms with Crippen LogP contribution >= 0.6 is 11.3 Å². The monoisotopic (exact) mass is 537 g/mol. The Kier molecular flexibility index (Phi) is 6.78. The second-order valence-corrected chi connectivity index (χ2v) is 11.8. The molecule has 0 bridgehead atoms. The van der Waals surface area contributed by atoms with Crippen LogP contribution in [0.25, 0.3) is 5.70 Å². The van der Waals surface area contributed by atoms with E-state index >= 15 is 0 Å². The van der Waals surface area contributed by atoms with Crippen molar-refractivity contribution in [3.05, 3.63) is 59.3 Å². The van der Waals surface area contributed by atoms with E-state index in [4.69, 9.17) is 5.84 Å². The minimum atomic E-state index is -0.463. The summed E-state index contributed by atoms with van der Waals surface area (Å²) in [6, 6.07) is 3.58. The summed E-state index contributed by atoms with van der Waals surface area (Å²) in [5.41, 5.74) is 1.87. The van der Waals surface area contributed by atoms with Crippen LogP contribution < -0.4 is 16.1 Å². The molecule has 2 fully saturated rings. The maximum Gasteiger partial charge on any atom is 0.256 e. The summed E-state index contributed by atoms with van der Waals surface area (Å²) in [7, 11) is 1.80. The van der Waals surface area contributed by atoms with Gasteiger partial charge in [-0.15, -0.1) is 11.3 Å². The topological polar surface area (TPSA) is 116 Å². The highest BCUT2D eigenvalue weighted by Gasteiger charge is 2.53. The molecule has 1 amide bonds. The first kappa shape index (κ1) is 26.0. The van der Waals surface area contributed by atoms with Crippen molar-refractivity contribution in [2.24, 2.45) is 11.3 Å².